The van der Waals surface area contributed by atoms with E-state index < -0.39 is 26.5 Å². The zero-order valence-electron chi connectivity index (χ0n) is 14.6. The molecule has 0 atom stereocenters. The molecule has 0 unspecified atom stereocenters. The monoisotopic (exact) mass is 392 g/mol. The van der Waals surface area contributed by atoms with Gasteiger partial charge in [0.15, 0.2) is 4.91 Å². The van der Waals surface area contributed by atoms with Crippen LogP contribution in [0.5, 0.6) is 0 Å². The first kappa shape index (κ1) is 17.8. The summed E-state index contributed by atoms with van der Waals surface area (Å²) < 4.78 is 26.2. The maximum absolute atomic E-state index is 13.1. The van der Waals surface area contributed by atoms with Crippen LogP contribution in [0.4, 0.5) is 17.1 Å². The normalized spacial score (nSPS) is 15.1. The maximum Gasteiger partial charge on any atom is 0.273 e. The lowest BCUT2D eigenvalue weighted by atomic mass is 10.2. The van der Waals surface area contributed by atoms with Gasteiger partial charge in [0, 0.05) is 11.4 Å². The van der Waals surface area contributed by atoms with Gasteiger partial charge < -0.3 is 10.4 Å². The molecular weight excluding hydrogens is 376 g/mol. The standard InChI is InChI=1S/C21H16N2O4S/c24-20(22-15-9-3-1-4-10-15)19-21(25)23(16-11-5-2-6-12-16)17-13-7-8-14-18(17)28(19,26)27/h1-14,25H,(H,22,24). The third kappa shape index (κ3) is 2.91. The summed E-state index contributed by atoms with van der Waals surface area (Å²) in [6, 6.07) is 23.5. The van der Waals surface area contributed by atoms with Gasteiger partial charge in [0.05, 0.1) is 10.6 Å². The molecule has 28 heavy (non-hydrogen) atoms. The number of rotatable bonds is 3. The van der Waals surface area contributed by atoms with E-state index in [0.29, 0.717) is 11.4 Å². The molecule has 0 bridgehead atoms. The van der Waals surface area contributed by atoms with Crippen LogP contribution in [0.1, 0.15) is 0 Å². The molecule has 0 saturated heterocycles. The molecule has 0 spiro atoms. The highest BCUT2D eigenvalue weighted by Gasteiger charge is 2.41. The lowest BCUT2D eigenvalue weighted by Crippen LogP contribution is -2.33. The van der Waals surface area contributed by atoms with Crippen molar-refractivity contribution in [2.45, 2.75) is 4.90 Å². The molecule has 7 heteroatoms. The van der Waals surface area contributed by atoms with Crippen molar-refractivity contribution < 1.29 is 18.3 Å². The molecular formula is C21H16N2O4S. The van der Waals surface area contributed by atoms with Crippen molar-refractivity contribution in [3.05, 3.63) is 95.7 Å². The summed E-state index contributed by atoms with van der Waals surface area (Å²) in [4.78, 5) is 13.5. The van der Waals surface area contributed by atoms with Gasteiger partial charge in [-0.15, -0.1) is 0 Å². The number of fused-ring (bicyclic) bond motifs is 1. The van der Waals surface area contributed by atoms with E-state index in [9.17, 15) is 18.3 Å². The highest BCUT2D eigenvalue weighted by molar-refractivity contribution is 7.96. The van der Waals surface area contributed by atoms with Gasteiger partial charge in [0.25, 0.3) is 5.91 Å². The summed E-state index contributed by atoms with van der Waals surface area (Å²) in [5.74, 6) is -1.54. The topological polar surface area (TPSA) is 86.7 Å². The van der Waals surface area contributed by atoms with E-state index in [2.05, 4.69) is 5.32 Å². The Morgan fingerprint density at radius 2 is 1.39 bits per heavy atom. The van der Waals surface area contributed by atoms with E-state index in [0.717, 1.165) is 0 Å². The van der Waals surface area contributed by atoms with Gasteiger partial charge in [0.2, 0.25) is 15.7 Å². The molecule has 3 aromatic rings. The van der Waals surface area contributed by atoms with Crippen LogP contribution < -0.4 is 10.2 Å². The van der Waals surface area contributed by atoms with Crippen LogP contribution in [0.25, 0.3) is 0 Å². The van der Waals surface area contributed by atoms with E-state index in [1.54, 1.807) is 78.9 Å². The van der Waals surface area contributed by atoms with Crippen molar-refractivity contribution in [3.63, 3.8) is 0 Å². The van der Waals surface area contributed by atoms with Gasteiger partial charge in [-0.1, -0.05) is 48.5 Å². The Hall–Kier alpha value is -3.58. The van der Waals surface area contributed by atoms with Crippen LogP contribution in [0.3, 0.4) is 0 Å². The number of para-hydroxylation sites is 3. The number of aliphatic hydroxyl groups excluding tert-OH is 1. The molecule has 0 fully saturated rings. The average Bonchev–Trinajstić information content (AvgIpc) is 2.69. The van der Waals surface area contributed by atoms with Crippen molar-refractivity contribution in [2.24, 2.45) is 0 Å². The van der Waals surface area contributed by atoms with E-state index in [-0.39, 0.29) is 10.6 Å². The minimum atomic E-state index is -4.22. The Morgan fingerprint density at radius 1 is 0.821 bits per heavy atom. The minimum absolute atomic E-state index is 0.0464. The second-order valence-corrected chi connectivity index (χ2v) is 7.97. The highest BCUT2D eigenvalue weighted by Crippen LogP contribution is 2.42. The predicted molar refractivity (Wildman–Crippen MR) is 107 cm³/mol. The first-order valence-corrected chi connectivity index (χ1v) is 9.97. The van der Waals surface area contributed by atoms with E-state index in [4.69, 9.17) is 0 Å². The van der Waals surface area contributed by atoms with E-state index >= 15 is 0 Å². The fraction of sp³-hybridized carbons (Fsp3) is 0. The van der Waals surface area contributed by atoms with Gasteiger partial charge in [-0.3, -0.25) is 9.69 Å². The molecule has 140 valence electrons. The number of amides is 1. The number of carbonyl (C=O) groups excluding carboxylic acids is 1. The van der Waals surface area contributed by atoms with Gasteiger partial charge in [-0.05, 0) is 36.4 Å². The summed E-state index contributed by atoms with van der Waals surface area (Å²) in [6.07, 6.45) is 0. The third-order valence-corrected chi connectivity index (χ3v) is 6.16. The van der Waals surface area contributed by atoms with Gasteiger partial charge in [-0.25, -0.2) is 8.42 Å². The Bertz CT molecular complexity index is 1170. The fourth-order valence-corrected chi connectivity index (χ4v) is 4.63. The quantitative estimate of drug-likeness (QED) is 0.704. The van der Waals surface area contributed by atoms with Crippen LogP contribution in [0.2, 0.25) is 0 Å². The Balaban J connectivity index is 1.90. The SMILES string of the molecule is O=C(Nc1ccccc1)C1=C(O)N(c2ccccc2)c2ccccc2S1(=O)=O. The zero-order valence-corrected chi connectivity index (χ0v) is 15.4. The summed E-state index contributed by atoms with van der Waals surface area (Å²) in [5, 5.41) is 13.4. The lowest BCUT2D eigenvalue weighted by Gasteiger charge is -2.31. The smallest absolute Gasteiger partial charge is 0.273 e. The molecule has 1 aliphatic rings. The number of anilines is 3. The number of nitrogens with zero attached hydrogens (tertiary/aromatic N) is 1. The van der Waals surface area contributed by atoms with Gasteiger partial charge in [0.1, 0.15) is 0 Å². The molecule has 0 aromatic heterocycles. The van der Waals surface area contributed by atoms with Gasteiger partial charge >= 0.3 is 0 Å². The van der Waals surface area contributed by atoms with Gasteiger partial charge in [-0.2, -0.15) is 0 Å². The molecule has 4 rings (SSSR count). The van der Waals surface area contributed by atoms with Crippen LogP contribution in [0.15, 0.2) is 101 Å². The number of hydrogen-bond acceptors (Lipinski definition) is 5. The summed E-state index contributed by atoms with van der Waals surface area (Å²) in [7, 11) is -4.22. The lowest BCUT2D eigenvalue weighted by molar-refractivity contribution is -0.112. The Morgan fingerprint density at radius 3 is 2.07 bits per heavy atom. The van der Waals surface area contributed by atoms with Crippen LogP contribution in [-0.2, 0) is 14.6 Å². The number of hydrogen-bond donors (Lipinski definition) is 2. The van der Waals surface area contributed by atoms with Crippen molar-refractivity contribution in [2.75, 3.05) is 10.2 Å². The number of aliphatic hydroxyl groups is 1. The third-order valence-electron chi connectivity index (χ3n) is 4.33. The number of nitrogens with one attached hydrogen (secondary N) is 1. The highest BCUT2D eigenvalue weighted by atomic mass is 32.2. The fourth-order valence-electron chi connectivity index (χ4n) is 3.09. The van der Waals surface area contributed by atoms with Crippen LogP contribution in [0, 0.1) is 0 Å². The first-order chi connectivity index (χ1) is 13.5. The largest absolute Gasteiger partial charge is 0.493 e. The number of benzene rings is 3. The minimum Gasteiger partial charge on any atom is -0.493 e. The molecule has 6 nitrogen and oxygen atoms in total. The zero-order chi connectivity index (χ0) is 19.7. The van der Waals surface area contributed by atoms with Crippen molar-refractivity contribution in [1.29, 1.82) is 0 Å². The summed E-state index contributed by atoms with van der Waals surface area (Å²) in [5.41, 5.74) is 1.24. The van der Waals surface area contributed by atoms with Crippen molar-refractivity contribution in [1.82, 2.24) is 0 Å². The number of carbonyl (C=O) groups is 1. The Labute approximate surface area is 162 Å². The molecule has 1 aliphatic heterocycles. The summed E-state index contributed by atoms with van der Waals surface area (Å²) in [6.45, 7) is 0. The molecule has 0 radical (unpaired) electrons. The molecule has 0 saturated carbocycles. The number of sulfone groups is 1. The Kier molecular flexibility index (Phi) is 4.37. The summed E-state index contributed by atoms with van der Waals surface area (Å²) >= 11 is 0. The molecule has 3 aromatic carbocycles. The molecule has 1 amide bonds. The molecule has 1 heterocycles. The van der Waals surface area contributed by atoms with Crippen LogP contribution in [-0.4, -0.2) is 19.4 Å². The van der Waals surface area contributed by atoms with E-state index in [1.165, 1.54) is 11.0 Å². The second-order valence-electron chi connectivity index (χ2n) is 6.12. The van der Waals surface area contributed by atoms with Crippen molar-refractivity contribution >= 4 is 32.8 Å². The average molecular weight is 392 g/mol. The predicted octanol–water partition coefficient (Wildman–Crippen LogP) is 3.98. The van der Waals surface area contributed by atoms with Crippen molar-refractivity contribution in [3.8, 4) is 0 Å². The maximum atomic E-state index is 13.1. The van der Waals surface area contributed by atoms with Crippen LogP contribution >= 0.6 is 0 Å². The van der Waals surface area contributed by atoms with E-state index in [1.807, 2.05) is 0 Å². The second kappa shape index (κ2) is 6.86. The molecule has 0 aliphatic carbocycles. The first-order valence-electron chi connectivity index (χ1n) is 8.49. The molecule has 2 N–H and O–H groups in total.